The molecule has 0 unspecified atom stereocenters. The van der Waals surface area contributed by atoms with Crippen LogP contribution in [-0.2, 0) is 47.4 Å². The summed E-state index contributed by atoms with van der Waals surface area (Å²) in [4.78, 5) is 0. The topological polar surface area (TPSA) is 92.3 Å². The molecule has 0 radical (unpaired) electrons. The molecule has 0 aliphatic carbocycles. The highest BCUT2D eigenvalue weighted by Gasteiger charge is 1.97. The van der Waals surface area contributed by atoms with Crippen LogP contribution in [-0.4, -0.2) is 137 Å². The smallest absolute Gasteiger partial charge is 0.0701 e. The number of ether oxygens (including phenoxy) is 10. The Labute approximate surface area is 283 Å². The van der Waals surface area contributed by atoms with Gasteiger partial charge in [-0.1, -0.05) is 93.7 Å². The van der Waals surface area contributed by atoms with Crippen LogP contribution in [0.25, 0.3) is 0 Å². The highest BCUT2D eigenvalue weighted by atomic mass is 127. The molecule has 0 atom stereocenters. The van der Waals surface area contributed by atoms with Crippen molar-refractivity contribution in [1.82, 2.24) is 0 Å². The molecule has 266 valence electrons. The van der Waals surface area contributed by atoms with Crippen LogP contribution in [0.5, 0.6) is 0 Å². The van der Waals surface area contributed by atoms with Gasteiger partial charge < -0.3 is 47.4 Å². The van der Waals surface area contributed by atoms with E-state index in [9.17, 15) is 0 Å². The normalized spacial score (nSPS) is 11.6. The molecule has 0 saturated heterocycles. The molecule has 0 fully saturated rings. The van der Waals surface area contributed by atoms with Crippen molar-refractivity contribution in [2.45, 2.75) is 77.6 Å². The van der Waals surface area contributed by atoms with Crippen LogP contribution in [0.15, 0.2) is 0 Å². The molecule has 0 amide bonds. The Balaban J connectivity index is 3.03. The molecular formula is C33H67IO10. The first-order valence-electron chi connectivity index (χ1n) is 17.2. The minimum atomic E-state index is 0.534. The molecule has 0 saturated carbocycles. The maximum atomic E-state index is 5.65. The fourth-order valence-electron chi connectivity index (χ4n) is 4.00. The lowest BCUT2D eigenvalue weighted by atomic mass is 10.1. The van der Waals surface area contributed by atoms with Gasteiger partial charge in [0.1, 0.15) is 0 Å². The molecule has 10 nitrogen and oxygen atoms in total. The van der Waals surface area contributed by atoms with Gasteiger partial charge in [-0.3, -0.25) is 0 Å². The molecule has 0 N–H and O–H groups in total. The lowest BCUT2D eigenvalue weighted by Gasteiger charge is -2.09. The number of hydrogen-bond acceptors (Lipinski definition) is 10. The van der Waals surface area contributed by atoms with Crippen LogP contribution in [0.3, 0.4) is 0 Å². The number of halogens is 1. The third kappa shape index (κ3) is 42.3. The Bertz CT molecular complexity index is 451. The van der Waals surface area contributed by atoms with E-state index < -0.39 is 0 Å². The SMILES string of the molecule is CCCCCCCCCCCCCOCCOCCOCCOCCOCCOCCOCCOCCOCCOCCI. The van der Waals surface area contributed by atoms with Gasteiger partial charge in [0.15, 0.2) is 0 Å². The fraction of sp³-hybridized carbons (Fsp3) is 1.00. The van der Waals surface area contributed by atoms with E-state index in [1.165, 1.54) is 64.2 Å². The fourth-order valence-corrected chi connectivity index (χ4v) is 4.32. The van der Waals surface area contributed by atoms with Crippen molar-refractivity contribution in [1.29, 1.82) is 0 Å². The van der Waals surface area contributed by atoms with Gasteiger partial charge in [-0.25, -0.2) is 0 Å². The maximum Gasteiger partial charge on any atom is 0.0701 e. The van der Waals surface area contributed by atoms with Crippen LogP contribution < -0.4 is 0 Å². The van der Waals surface area contributed by atoms with Crippen LogP contribution >= 0.6 is 22.6 Å². The van der Waals surface area contributed by atoms with Crippen molar-refractivity contribution in [3.8, 4) is 0 Å². The largest absolute Gasteiger partial charge is 0.379 e. The number of unbranched alkanes of at least 4 members (excludes halogenated alkanes) is 10. The summed E-state index contributed by atoms with van der Waals surface area (Å²) in [7, 11) is 0. The predicted octanol–water partition coefficient (Wildman–Crippen LogP) is 5.90. The van der Waals surface area contributed by atoms with E-state index in [0.29, 0.717) is 119 Å². The summed E-state index contributed by atoms with van der Waals surface area (Å²) in [6.45, 7) is 14.1. The minimum absolute atomic E-state index is 0.534. The van der Waals surface area contributed by atoms with E-state index in [1.54, 1.807) is 0 Å². The lowest BCUT2D eigenvalue weighted by molar-refractivity contribution is -0.0262. The monoisotopic (exact) mass is 750 g/mol. The Hall–Kier alpha value is 0.330. The first-order valence-corrected chi connectivity index (χ1v) is 18.8. The van der Waals surface area contributed by atoms with Crippen LogP contribution in [0, 0.1) is 0 Å². The summed E-state index contributed by atoms with van der Waals surface area (Å²) in [5.74, 6) is 0. The van der Waals surface area contributed by atoms with Gasteiger partial charge in [0.2, 0.25) is 0 Å². The predicted molar refractivity (Wildman–Crippen MR) is 184 cm³/mol. The third-order valence-electron chi connectivity index (χ3n) is 6.46. The van der Waals surface area contributed by atoms with Gasteiger partial charge in [-0.05, 0) is 6.42 Å². The van der Waals surface area contributed by atoms with Crippen LogP contribution in [0.4, 0.5) is 0 Å². The minimum Gasteiger partial charge on any atom is -0.379 e. The molecule has 0 heterocycles. The van der Waals surface area contributed by atoms with E-state index in [0.717, 1.165) is 24.1 Å². The molecule has 0 rings (SSSR count). The van der Waals surface area contributed by atoms with Crippen molar-refractivity contribution < 1.29 is 47.4 Å². The van der Waals surface area contributed by atoms with Gasteiger partial charge in [0.25, 0.3) is 0 Å². The van der Waals surface area contributed by atoms with Crippen molar-refractivity contribution in [3.63, 3.8) is 0 Å². The Kier molecular flexibility index (Phi) is 43.7. The molecule has 0 aliphatic rings. The zero-order valence-electron chi connectivity index (χ0n) is 28.1. The van der Waals surface area contributed by atoms with Crippen LogP contribution in [0.1, 0.15) is 77.6 Å². The van der Waals surface area contributed by atoms with E-state index in [1.807, 2.05) is 0 Å². The average molecular weight is 751 g/mol. The summed E-state index contributed by atoms with van der Waals surface area (Å²) < 4.78 is 55.9. The molecule has 0 aliphatic heterocycles. The number of alkyl halides is 1. The molecule has 44 heavy (non-hydrogen) atoms. The Morgan fingerprint density at radius 2 is 0.455 bits per heavy atom. The Morgan fingerprint density at radius 1 is 0.250 bits per heavy atom. The zero-order valence-corrected chi connectivity index (χ0v) is 30.2. The molecular weight excluding hydrogens is 683 g/mol. The van der Waals surface area contributed by atoms with Gasteiger partial charge in [-0.2, -0.15) is 0 Å². The summed E-state index contributed by atoms with van der Waals surface area (Å²) in [5, 5.41) is 0. The van der Waals surface area contributed by atoms with Crippen molar-refractivity contribution in [2.75, 3.05) is 137 Å². The maximum absolute atomic E-state index is 5.65. The lowest BCUT2D eigenvalue weighted by Crippen LogP contribution is -2.15. The van der Waals surface area contributed by atoms with E-state index in [4.69, 9.17) is 47.4 Å². The second-order valence-electron chi connectivity index (χ2n) is 10.3. The second kappa shape index (κ2) is 43.3. The molecule has 0 aromatic rings. The summed E-state index contributed by atoms with van der Waals surface area (Å²) >= 11 is 2.28. The van der Waals surface area contributed by atoms with Crippen molar-refractivity contribution in [2.24, 2.45) is 0 Å². The Morgan fingerprint density at radius 3 is 0.705 bits per heavy atom. The van der Waals surface area contributed by atoms with Gasteiger partial charge in [0.05, 0.1) is 126 Å². The summed E-state index contributed by atoms with van der Waals surface area (Å²) in [5.41, 5.74) is 0. The molecule has 0 spiro atoms. The first-order chi connectivity index (χ1) is 21.9. The number of hydrogen-bond donors (Lipinski definition) is 0. The van der Waals surface area contributed by atoms with Gasteiger partial charge in [0, 0.05) is 11.0 Å². The molecule has 0 aromatic heterocycles. The van der Waals surface area contributed by atoms with E-state index in [-0.39, 0.29) is 0 Å². The quantitative estimate of drug-likeness (QED) is 0.0428. The van der Waals surface area contributed by atoms with Crippen molar-refractivity contribution >= 4 is 22.6 Å². The molecule has 0 aromatic carbocycles. The molecule has 11 heteroatoms. The first kappa shape index (κ1) is 44.3. The molecule has 0 bridgehead atoms. The summed E-state index contributed by atoms with van der Waals surface area (Å²) in [6, 6.07) is 0. The third-order valence-corrected chi connectivity index (χ3v) is 6.90. The van der Waals surface area contributed by atoms with Crippen molar-refractivity contribution in [3.05, 3.63) is 0 Å². The number of rotatable bonds is 41. The second-order valence-corrected chi connectivity index (χ2v) is 11.4. The summed E-state index contributed by atoms with van der Waals surface area (Å²) in [6.07, 6.45) is 14.9. The van der Waals surface area contributed by atoms with Crippen LogP contribution in [0.2, 0.25) is 0 Å². The highest BCUT2D eigenvalue weighted by Crippen LogP contribution is 2.11. The standard InChI is InChI=1S/C33H67IO10/c1-2-3-4-5-6-7-8-9-10-11-12-14-35-16-18-37-20-22-39-24-26-41-28-30-43-32-33-44-31-29-42-27-25-40-23-21-38-19-17-36-15-13-34/h2-33H2,1H3. The van der Waals surface area contributed by atoms with E-state index in [2.05, 4.69) is 29.5 Å². The van der Waals surface area contributed by atoms with E-state index >= 15 is 0 Å². The van der Waals surface area contributed by atoms with Gasteiger partial charge >= 0.3 is 0 Å². The highest BCUT2D eigenvalue weighted by molar-refractivity contribution is 14.1. The van der Waals surface area contributed by atoms with Gasteiger partial charge in [-0.15, -0.1) is 0 Å². The zero-order chi connectivity index (χ0) is 31.7. The average Bonchev–Trinajstić information content (AvgIpc) is 3.04.